The third kappa shape index (κ3) is 2.79. The number of benzene rings is 1. The van der Waals surface area contributed by atoms with Crippen LogP contribution in [0.15, 0.2) is 51.6 Å². The van der Waals surface area contributed by atoms with Crippen LogP contribution in [0.4, 0.5) is 0 Å². The molecule has 122 valence electrons. The number of carbonyl (C=O) groups is 2. The van der Waals surface area contributed by atoms with Crippen LogP contribution in [0, 0.1) is 0 Å². The molecule has 0 bridgehead atoms. The van der Waals surface area contributed by atoms with Gasteiger partial charge in [0.05, 0.1) is 5.70 Å². The Balaban J connectivity index is 1.96. The average molecular weight is 325 g/mol. The second-order valence-corrected chi connectivity index (χ2v) is 5.15. The molecule has 1 aromatic carbocycles. The Hall–Kier alpha value is -3.33. The van der Waals surface area contributed by atoms with E-state index in [0.717, 1.165) is 23.9 Å². The summed E-state index contributed by atoms with van der Waals surface area (Å²) in [5.41, 5.74) is 5.30. The molecule has 0 spiro atoms. The van der Waals surface area contributed by atoms with Crippen molar-refractivity contribution in [2.24, 2.45) is 21.0 Å². The van der Waals surface area contributed by atoms with Crippen LogP contribution >= 0.6 is 0 Å². The molecule has 2 aliphatic heterocycles. The van der Waals surface area contributed by atoms with Crippen molar-refractivity contribution < 1.29 is 9.59 Å². The number of nitrogens with one attached hydrogen (secondary N) is 1. The largest absolute Gasteiger partial charge is 0.310 e. The van der Waals surface area contributed by atoms with Crippen LogP contribution in [-0.4, -0.2) is 39.3 Å². The summed E-state index contributed by atoms with van der Waals surface area (Å²) in [6.45, 7) is 2.97. The molecule has 1 amide bonds. The van der Waals surface area contributed by atoms with Gasteiger partial charge in [0, 0.05) is 18.2 Å². The molecular formula is C15H15N7O2. The van der Waals surface area contributed by atoms with E-state index in [-0.39, 0.29) is 5.96 Å². The molecule has 9 nitrogen and oxygen atoms in total. The highest BCUT2D eigenvalue weighted by Crippen LogP contribution is 2.23. The van der Waals surface area contributed by atoms with Crippen molar-refractivity contribution in [1.29, 1.82) is 0 Å². The van der Waals surface area contributed by atoms with Gasteiger partial charge in [-0.1, -0.05) is 30.3 Å². The summed E-state index contributed by atoms with van der Waals surface area (Å²) in [6.07, 6.45) is 1.86. The number of guanidine groups is 2. The number of Topliss-reactive ketones (excluding diaryl/α,β-unsaturated/α-hetero) is 1. The second-order valence-electron chi connectivity index (χ2n) is 5.15. The number of hydrogen-bond donors (Lipinski definition) is 2. The second kappa shape index (κ2) is 6.05. The molecule has 2 heterocycles. The molecule has 0 aliphatic carbocycles. The Bertz CT molecular complexity index is 823. The van der Waals surface area contributed by atoms with E-state index in [9.17, 15) is 9.59 Å². The van der Waals surface area contributed by atoms with Gasteiger partial charge in [-0.3, -0.25) is 15.0 Å². The average Bonchev–Trinajstić information content (AvgIpc) is 2.60. The van der Waals surface area contributed by atoms with Crippen LogP contribution in [0.3, 0.4) is 0 Å². The van der Waals surface area contributed by atoms with Crippen LogP contribution in [0.2, 0.25) is 0 Å². The van der Waals surface area contributed by atoms with E-state index in [1.54, 1.807) is 5.01 Å². The fraction of sp³-hybridized carbons (Fsp3) is 0.133. The number of ketones is 1. The van der Waals surface area contributed by atoms with E-state index in [1.807, 2.05) is 43.3 Å². The number of nitrogens with two attached hydrogens (primary N) is 1. The Morgan fingerprint density at radius 2 is 1.92 bits per heavy atom. The molecule has 9 heteroatoms. The first-order valence-electron chi connectivity index (χ1n) is 7.12. The third-order valence-electron chi connectivity index (χ3n) is 3.33. The molecular weight excluding hydrogens is 310 g/mol. The van der Waals surface area contributed by atoms with Gasteiger partial charge < -0.3 is 0 Å². The van der Waals surface area contributed by atoms with Crippen LogP contribution < -0.4 is 11.3 Å². The zero-order valence-corrected chi connectivity index (χ0v) is 13.1. The SMILES string of the molecule is CC(=O)C(=O)N(N)C1=NN=C2N=C(C)C=C(c3ccccc3)N2N1. The van der Waals surface area contributed by atoms with Gasteiger partial charge >= 0.3 is 5.91 Å². The maximum absolute atomic E-state index is 11.7. The molecule has 0 saturated carbocycles. The summed E-state index contributed by atoms with van der Waals surface area (Å²) in [5, 5.41) is 9.98. The summed E-state index contributed by atoms with van der Waals surface area (Å²) < 4.78 is 0. The first kappa shape index (κ1) is 15.6. The number of amides is 1. The predicted molar refractivity (Wildman–Crippen MR) is 89.1 cm³/mol. The van der Waals surface area contributed by atoms with Crippen molar-refractivity contribution in [3.63, 3.8) is 0 Å². The quantitative estimate of drug-likeness (QED) is 0.350. The minimum absolute atomic E-state index is 0.0736. The van der Waals surface area contributed by atoms with Gasteiger partial charge in [0.25, 0.3) is 11.9 Å². The molecule has 1 aromatic rings. The molecule has 0 fully saturated rings. The van der Waals surface area contributed by atoms with Crippen molar-refractivity contribution >= 4 is 35.0 Å². The highest BCUT2D eigenvalue weighted by atomic mass is 16.2. The van der Waals surface area contributed by atoms with Gasteiger partial charge in [-0.25, -0.2) is 20.9 Å². The Labute approximate surface area is 137 Å². The van der Waals surface area contributed by atoms with Gasteiger partial charge in [-0.2, -0.15) is 0 Å². The molecule has 0 aromatic heterocycles. The van der Waals surface area contributed by atoms with E-state index < -0.39 is 11.7 Å². The molecule has 24 heavy (non-hydrogen) atoms. The molecule has 0 radical (unpaired) electrons. The van der Waals surface area contributed by atoms with Gasteiger partial charge in [0.2, 0.25) is 5.78 Å². The summed E-state index contributed by atoms with van der Waals surface area (Å²) in [4.78, 5) is 27.2. The number of hydrogen-bond acceptors (Lipinski definition) is 8. The highest BCUT2D eigenvalue weighted by molar-refractivity contribution is 6.37. The van der Waals surface area contributed by atoms with Gasteiger partial charge in [-0.15, -0.1) is 10.2 Å². The summed E-state index contributed by atoms with van der Waals surface area (Å²) in [7, 11) is 0. The van der Waals surface area contributed by atoms with Gasteiger partial charge in [0.15, 0.2) is 0 Å². The minimum Gasteiger partial charge on any atom is -0.289 e. The van der Waals surface area contributed by atoms with E-state index in [4.69, 9.17) is 5.84 Å². The smallest absolute Gasteiger partial charge is 0.289 e. The van der Waals surface area contributed by atoms with E-state index in [2.05, 4.69) is 20.6 Å². The lowest BCUT2D eigenvalue weighted by Gasteiger charge is -2.33. The zero-order chi connectivity index (χ0) is 17.3. The third-order valence-corrected chi connectivity index (χ3v) is 3.33. The molecule has 3 N–H and O–H groups in total. The van der Waals surface area contributed by atoms with E-state index in [1.165, 1.54) is 0 Å². The van der Waals surface area contributed by atoms with Crippen LogP contribution in [0.5, 0.6) is 0 Å². The van der Waals surface area contributed by atoms with E-state index in [0.29, 0.717) is 11.0 Å². The van der Waals surface area contributed by atoms with Crippen molar-refractivity contribution in [3.8, 4) is 0 Å². The minimum atomic E-state index is -0.901. The monoisotopic (exact) mass is 325 g/mol. The van der Waals surface area contributed by atoms with Crippen LogP contribution in [-0.2, 0) is 9.59 Å². The highest BCUT2D eigenvalue weighted by Gasteiger charge is 2.30. The van der Waals surface area contributed by atoms with Crippen molar-refractivity contribution in [3.05, 3.63) is 42.0 Å². The normalized spacial score (nSPS) is 16.0. The Morgan fingerprint density at radius 1 is 1.21 bits per heavy atom. The molecule has 2 aliphatic rings. The topological polar surface area (TPSA) is 116 Å². The molecule has 3 rings (SSSR count). The number of allylic oxidation sites excluding steroid dienone is 1. The number of rotatable bonds is 2. The maximum atomic E-state index is 11.7. The summed E-state index contributed by atoms with van der Waals surface area (Å²) in [6, 6.07) is 9.57. The number of aliphatic imine (C=N–C) groups is 1. The number of carbonyl (C=O) groups excluding carboxylic acids is 2. The summed E-state index contributed by atoms with van der Waals surface area (Å²) in [5.74, 6) is 4.27. The molecule has 0 atom stereocenters. The molecule has 0 saturated heterocycles. The summed E-state index contributed by atoms with van der Waals surface area (Å²) >= 11 is 0. The van der Waals surface area contributed by atoms with Gasteiger partial charge in [0.1, 0.15) is 0 Å². The number of nitrogens with zero attached hydrogens (tertiary/aromatic N) is 5. The number of hydrazine groups is 2. The van der Waals surface area contributed by atoms with Crippen molar-refractivity contribution in [2.45, 2.75) is 13.8 Å². The van der Waals surface area contributed by atoms with Crippen molar-refractivity contribution in [2.75, 3.05) is 0 Å². The predicted octanol–water partition coefficient (Wildman–Crippen LogP) is 0.240. The lowest BCUT2D eigenvalue weighted by atomic mass is 10.1. The van der Waals surface area contributed by atoms with Crippen LogP contribution in [0.25, 0.3) is 5.70 Å². The van der Waals surface area contributed by atoms with E-state index >= 15 is 0 Å². The van der Waals surface area contributed by atoms with Crippen LogP contribution in [0.1, 0.15) is 19.4 Å². The Morgan fingerprint density at radius 3 is 2.58 bits per heavy atom. The lowest BCUT2D eigenvalue weighted by Crippen LogP contribution is -2.58. The lowest BCUT2D eigenvalue weighted by molar-refractivity contribution is -0.141. The standard InChI is InChI=1S/C15H15N7O2/c1-9-8-12(11-6-4-3-5-7-11)22-14(17-9)18-19-15(20-22)21(16)13(24)10(2)23/h3-8H,16H2,1-2H3,(H,19,20). The number of fused-ring (bicyclic) bond motifs is 1. The van der Waals surface area contributed by atoms with Gasteiger partial charge in [-0.05, 0) is 13.0 Å². The zero-order valence-electron chi connectivity index (χ0n) is 13.1. The fourth-order valence-corrected chi connectivity index (χ4v) is 2.19. The molecule has 0 unspecified atom stereocenters. The van der Waals surface area contributed by atoms with Crippen molar-refractivity contribution in [1.82, 2.24) is 15.4 Å². The Kier molecular flexibility index (Phi) is 3.92. The maximum Gasteiger partial charge on any atom is 0.310 e. The first-order chi connectivity index (χ1) is 11.5. The fourth-order valence-electron chi connectivity index (χ4n) is 2.19. The first-order valence-corrected chi connectivity index (χ1v) is 7.12.